The van der Waals surface area contributed by atoms with Crippen molar-refractivity contribution in [3.8, 4) is 0 Å². The fourth-order valence-electron chi connectivity index (χ4n) is 2.89. The van der Waals surface area contributed by atoms with E-state index < -0.39 is 0 Å². The fraction of sp³-hybridized carbons (Fsp3) is 0.562. The average Bonchev–Trinajstić information content (AvgIpc) is 2.88. The number of carbonyl (C=O) groups excluding carboxylic acids is 1. The van der Waals surface area contributed by atoms with Crippen LogP contribution in [0.2, 0.25) is 0 Å². The minimum atomic E-state index is -0.0721. The molecule has 2 aliphatic rings. The van der Waals surface area contributed by atoms with Gasteiger partial charge in [0.25, 0.3) is 0 Å². The van der Waals surface area contributed by atoms with E-state index in [0.717, 1.165) is 45.8 Å². The molecule has 1 unspecified atom stereocenters. The Balaban J connectivity index is 1.47. The number of ether oxygens (including phenoxy) is 1. The fourth-order valence-corrected chi connectivity index (χ4v) is 2.89. The molecule has 2 fully saturated rings. The second-order valence-corrected chi connectivity index (χ2v) is 5.66. The number of benzene rings is 1. The highest BCUT2D eigenvalue weighted by atomic mass is 16.5. The molecule has 1 atom stereocenters. The first kappa shape index (κ1) is 14.5. The third-order valence-electron chi connectivity index (χ3n) is 4.21. The van der Waals surface area contributed by atoms with Gasteiger partial charge in [-0.15, -0.1) is 0 Å². The third-order valence-corrected chi connectivity index (χ3v) is 4.21. The zero-order valence-corrected chi connectivity index (χ0v) is 12.3. The first-order valence-electron chi connectivity index (χ1n) is 7.69. The molecule has 0 saturated carbocycles. The van der Waals surface area contributed by atoms with Crippen LogP contribution >= 0.6 is 0 Å². The Morgan fingerprint density at radius 1 is 1.14 bits per heavy atom. The molecule has 1 aromatic rings. The van der Waals surface area contributed by atoms with Gasteiger partial charge < -0.3 is 9.64 Å². The van der Waals surface area contributed by atoms with Gasteiger partial charge in [-0.3, -0.25) is 15.0 Å². The van der Waals surface area contributed by atoms with Crippen LogP contribution in [0.1, 0.15) is 5.56 Å². The molecule has 0 aromatic heterocycles. The number of nitrogens with one attached hydrogen (secondary N) is 1. The van der Waals surface area contributed by atoms with E-state index in [9.17, 15) is 4.79 Å². The molecule has 2 heterocycles. The lowest BCUT2D eigenvalue weighted by Gasteiger charge is -2.28. The van der Waals surface area contributed by atoms with Gasteiger partial charge in [-0.05, 0) is 12.0 Å². The maximum absolute atomic E-state index is 12.4. The number of rotatable bonds is 5. The molecule has 114 valence electrons. The summed E-state index contributed by atoms with van der Waals surface area (Å²) in [6.07, 6.45) is 0.772. The van der Waals surface area contributed by atoms with Gasteiger partial charge >= 0.3 is 0 Å². The van der Waals surface area contributed by atoms with Crippen LogP contribution < -0.4 is 5.32 Å². The number of hydrogen-bond acceptors (Lipinski definition) is 4. The number of hydrogen-bond donors (Lipinski definition) is 1. The molecule has 0 spiro atoms. The summed E-state index contributed by atoms with van der Waals surface area (Å²) in [5, 5.41) is 3.33. The monoisotopic (exact) mass is 289 g/mol. The van der Waals surface area contributed by atoms with Gasteiger partial charge in [0.05, 0.1) is 25.9 Å². The SMILES string of the molecule is O=C1C(Cc2ccccc2)NCN1CCN1CCOCC1. The third kappa shape index (κ3) is 3.81. The molecule has 1 aromatic carbocycles. The predicted molar refractivity (Wildman–Crippen MR) is 80.9 cm³/mol. The first-order valence-corrected chi connectivity index (χ1v) is 7.69. The zero-order valence-electron chi connectivity index (χ0n) is 12.3. The summed E-state index contributed by atoms with van der Waals surface area (Å²) in [5.41, 5.74) is 1.21. The number of morpholine rings is 1. The summed E-state index contributed by atoms with van der Waals surface area (Å²) in [5.74, 6) is 0.229. The molecule has 2 aliphatic heterocycles. The largest absolute Gasteiger partial charge is 0.379 e. The van der Waals surface area contributed by atoms with Crippen LogP contribution in [0.4, 0.5) is 0 Å². The molecule has 1 N–H and O–H groups in total. The van der Waals surface area contributed by atoms with Gasteiger partial charge in [-0.25, -0.2) is 0 Å². The van der Waals surface area contributed by atoms with Crippen molar-refractivity contribution < 1.29 is 9.53 Å². The molecule has 0 bridgehead atoms. The summed E-state index contributed by atoms with van der Waals surface area (Å²) in [6.45, 7) is 5.98. The van der Waals surface area contributed by atoms with Crippen molar-refractivity contribution in [3.63, 3.8) is 0 Å². The van der Waals surface area contributed by atoms with Crippen molar-refractivity contribution in [1.29, 1.82) is 0 Å². The van der Waals surface area contributed by atoms with E-state index in [1.54, 1.807) is 0 Å². The minimum absolute atomic E-state index is 0.0721. The Morgan fingerprint density at radius 2 is 1.90 bits per heavy atom. The van der Waals surface area contributed by atoms with Crippen molar-refractivity contribution in [2.45, 2.75) is 12.5 Å². The second-order valence-electron chi connectivity index (χ2n) is 5.66. The molecular weight excluding hydrogens is 266 g/mol. The summed E-state index contributed by atoms with van der Waals surface area (Å²) in [6, 6.07) is 10.1. The van der Waals surface area contributed by atoms with Crippen LogP contribution in [0, 0.1) is 0 Å². The standard InChI is InChI=1S/C16H23N3O2/c20-16-15(12-14-4-2-1-3-5-14)17-13-19(16)7-6-18-8-10-21-11-9-18/h1-5,15,17H,6-13H2. The molecule has 1 amide bonds. The van der Waals surface area contributed by atoms with E-state index in [0.29, 0.717) is 6.67 Å². The minimum Gasteiger partial charge on any atom is -0.379 e. The Kier molecular flexibility index (Phi) is 4.85. The quantitative estimate of drug-likeness (QED) is 0.848. The molecule has 2 saturated heterocycles. The van der Waals surface area contributed by atoms with Crippen molar-refractivity contribution in [3.05, 3.63) is 35.9 Å². The van der Waals surface area contributed by atoms with Gasteiger partial charge in [-0.1, -0.05) is 30.3 Å². The summed E-state index contributed by atoms with van der Waals surface area (Å²) in [7, 11) is 0. The van der Waals surface area contributed by atoms with Gasteiger partial charge in [0, 0.05) is 26.2 Å². The van der Waals surface area contributed by atoms with E-state index in [-0.39, 0.29) is 11.9 Å². The topological polar surface area (TPSA) is 44.8 Å². The molecule has 0 aliphatic carbocycles. The maximum atomic E-state index is 12.4. The van der Waals surface area contributed by atoms with Gasteiger partial charge in [0.2, 0.25) is 5.91 Å². The smallest absolute Gasteiger partial charge is 0.241 e. The van der Waals surface area contributed by atoms with Crippen molar-refractivity contribution >= 4 is 5.91 Å². The number of carbonyl (C=O) groups is 1. The highest BCUT2D eigenvalue weighted by molar-refractivity contribution is 5.84. The lowest BCUT2D eigenvalue weighted by atomic mass is 10.1. The highest BCUT2D eigenvalue weighted by Crippen LogP contribution is 2.10. The van der Waals surface area contributed by atoms with E-state index in [1.807, 2.05) is 23.1 Å². The molecule has 5 nitrogen and oxygen atoms in total. The average molecular weight is 289 g/mol. The van der Waals surface area contributed by atoms with Crippen molar-refractivity contribution in [1.82, 2.24) is 15.1 Å². The lowest BCUT2D eigenvalue weighted by Crippen LogP contribution is -2.42. The van der Waals surface area contributed by atoms with E-state index in [4.69, 9.17) is 4.74 Å². The van der Waals surface area contributed by atoms with E-state index in [2.05, 4.69) is 22.3 Å². The number of amides is 1. The summed E-state index contributed by atoms with van der Waals surface area (Å²) in [4.78, 5) is 16.7. The molecule has 3 rings (SSSR count). The van der Waals surface area contributed by atoms with Crippen LogP contribution in [0.3, 0.4) is 0 Å². The van der Waals surface area contributed by atoms with Gasteiger partial charge in [0.1, 0.15) is 0 Å². The Bertz CT molecular complexity index is 460. The molecule has 5 heteroatoms. The van der Waals surface area contributed by atoms with Crippen LogP contribution in [0.5, 0.6) is 0 Å². The van der Waals surface area contributed by atoms with E-state index >= 15 is 0 Å². The zero-order chi connectivity index (χ0) is 14.5. The molecular formula is C16H23N3O2. The van der Waals surface area contributed by atoms with Crippen molar-refractivity contribution in [2.24, 2.45) is 0 Å². The summed E-state index contributed by atoms with van der Waals surface area (Å²) < 4.78 is 5.34. The first-order chi connectivity index (χ1) is 10.3. The molecule has 0 radical (unpaired) electrons. The second kappa shape index (κ2) is 7.02. The van der Waals surface area contributed by atoms with Crippen LogP contribution in [0.25, 0.3) is 0 Å². The van der Waals surface area contributed by atoms with Crippen molar-refractivity contribution in [2.75, 3.05) is 46.1 Å². The normalized spacial score (nSPS) is 23.7. The Labute approximate surface area is 125 Å². The predicted octanol–water partition coefficient (Wildman–Crippen LogP) is 0.319. The van der Waals surface area contributed by atoms with Gasteiger partial charge in [0.15, 0.2) is 0 Å². The Hall–Kier alpha value is -1.43. The van der Waals surface area contributed by atoms with Gasteiger partial charge in [-0.2, -0.15) is 0 Å². The summed E-state index contributed by atoms with van der Waals surface area (Å²) >= 11 is 0. The Morgan fingerprint density at radius 3 is 2.67 bits per heavy atom. The highest BCUT2D eigenvalue weighted by Gasteiger charge is 2.30. The van der Waals surface area contributed by atoms with E-state index in [1.165, 1.54) is 5.56 Å². The number of nitrogens with zero attached hydrogens (tertiary/aromatic N) is 2. The molecule has 21 heavy (non-hydrogen) atoms. The maximum Gasteiger partial charge on any atom is 0.241 e. The van der Waals surface area contributed by atoms with Crippen LogP contribution in [0.15, 0.2) is 30.3 Å². The van der Waals surface area contributed by atoms with Crippen LogP contribution in [-0.4, -0.2) is 67.8 Å². The lowest BCUT2D eigenvalue weighted by molar-refractivity contribution is -0.129. The van der Waals surface area contributed by atoms with Crippen LogP contribution in [-0.2, 0) is 16.0 Å².